The minimum Gasteiger partial charge on any atom is -0.413 e. The van der Waals surface area contributed by atoms with Crippen LogP contribution in [0.5, 0.6) is 0 Å². The number of hydrogen-bond acceptors (Lipinski definition) is 4. The van der Waals surface area contributed by atoms with Gasteiger partial charge in [-0.2, -0.15) is 0 Å². The molecule has 0 aliphatic rings. The van der Waals surface area contributed by atoms with Crippen LogP contribution in [0.25, 0.3) is 0 Å². The fraction of sp³-hybridized carbons (Fsp3) is 0.500. The number of rotatable bonds is 2. The summed E-state index contributed by atoms with van der Waals surface area (Å²) in [6.07, 6.45) is 0.779. The van der Waals surface area contributed by atoms with Gasteiger partial charge < -0.3 is 10.2 Å². The third-order valence-corrected chi connectivity index (χ3v) is 1.43. The molecule has 0 bridgehead atoms. The number of nitrogens with two attached hydrogens (primary N) is 1. The van der Waals surface area contributed by atoms with E-state index < -0.39 is 0 Å². The van der Waals surface area contributed by atoms with Crippen molar-refractivity contribution in [2.75, 3.05) is 0 Å². The molecule has 1 rings (SSSR count). The summed E-state index contributed by atoms with van der Waals surface area (Å²) in [5.41, 5.74) is 5.66. The van der Waals surface area contributed by atoms with Crippen LogP contribution in [0.4, 0.5) is 0 Å². The number of hydrogen-bond donors (Lipinski definition) is 1. The lowest BCUT2D eigenvalue weighted by molar-refractivity contribution is 0.437. The zero-order valence-electron chi connectivity index (χ0n) is 7.16. The Bertz CT molecular complexity index is 308. The van der Waals surface area contributed by atoms with Crippen LogP contribution >= 0.6 is 0 Å². The third kappa shape index (κ3) is 1.83. The minimum atomic E-state index is -0.176. The molecule has 1 atom stereocenters. The molecule has 0 aliphatic carbocycles. The molecule has 2 N–H and O–H groups in total. The van der Waals surface area contributed by atoms with E-state index >= 15 is 0 Å². The van der Waals surface area contributed by atoms with Gasteiger partial charge >= 0.3 is 0 Å². The molecule has 1 aromatic heterocycles. The van der Waals surface area contributed by atoms with E-state index in [1.165, 1.54) is 0 Å². The first-order valence-electron chi connectivity index (χ1n) is 3.79. The first-order chi connectivity index (χ1) is 5.77. The van der Waals surface area contributed by atoms with Gasteiger partial charge in [0.15, 0.2) is 0 Å². The number of nitrogens with zero attached hydrogens (tertiary/aromatic N) is 2. The fourth-order valence-corrected chi connectivity index (χ4v) is 0.716. The van der Waals surface area contributed by atoms with Gasteiger partial charge in [0.25, 0.3) is 5.89 Å². The molecular formula is C8H11N3O. The van der Waals surface area contributed by atoms with Crippen molar-refractivity contribution in [1.29, 1.82) is 0 Å². The van der Waals surface area contributed by atoms with E-state index in [1.807, 2.05) is 6.92 Å². The van der Waals surface area contributed by atoms with Crippen molar-refractivity contribution in [3.8, 4) is 11.8 Å². The Kier molecular flexibility index (Phi) is 2.83. The normalized spacial score (nSPS) is 11.9. The lowest BCUT2D eigenvalue weighted by Crippen LogP contribution is -2.08. The lowest BCUT2D eigenvalue weighted by atomic mass is 10.2. The zero-order valence-corrected chi connectivity index (χ0v) is 7.16. The van der Waals surface area contributed by atoms with Crippen molar-refractivity contribution in [2.45, 2.75) is 26.3 Å². The summed E-state index contributed by atoms with van der Waals surface area (Å²) >= 11 is 0. The Morgan fingerprint density at radius 3 is 2.92 bits per heavy atom. The molecule has 1 unspecified atom stereocenters. The molecule has 1 heterocycles. The molecule has 0 aliphatic heterocycles. The second-order valence-electron chi connectivity index (χ2n) is 2.34. The van der Waals surface area contributed by atoms with Gasteiger partial charge in [-0.25, -0.2) is 0 Å². The van der Waals surface area contributed by atoms with Crippen LogP contribution in [0, 0.1) is 11.8 Å². The monoisotopic (exact) mass is 165 g/mol. The Morgan fingerprint density at radius 2 is 2.33 bits per heavy atom. The van der Waals surface area contributed by atoms with E-state index in [0.717, 1.165) is 6.42 Å². The van der Waals surface area contributed by atoms with Crippen molar-refractivity contribution < 1.29 is 4.42 Å². The average molecular weight is 165 g/mol. The molecule has 0 radical (unpaired) electrons. The maximum Gasteiger partial charge on any atom is 0.293 e. The Labute approximate surface area is 71.2 Å². The highest BCUT2D eigenvalue weighted by molar-refractivity contribution is 5.15. The maximum atomic E-state index is 5.66. The predicted octanol–water partition coefficient (Wildman–Crippen LogP) is 0.851. The van der Waals surface area contributed by atoms with Gasteiger partial charge in [-0.1, -0.05) is 17.9 Å². The van der Waals surface area contributed by atoms with E-state index in [1.54, 1.807) is 6.92 Å². The molecule has 0 spiro atoms. The fourth-order valence-electron chi connectivity index (χ4n) is 0.716. The molecule has 4 nitrogen and oxygen atoms in total. The van der Waals surface area contributed by atoms with Crippen LogP contribution in [0.3, 0.4) is 0 Å². The molecule has 0 amide bonds. The van der Waals surface area contributed by atoms with Crippen LogP contribution in [-0.2, 0) is 0 Å². The van der Waals surface area contributed by atoms with Gasteiger partial charge in [0.2, 0.25) is 5.89 Å². The Hall–Kier alpha value is -1.34. The molecule has 1 aromatic rings. The molecule has 64 valence electrons. The van der Waals surface area contributed by atoms with E-state index in [0.29, 0.717) is 11.8 Å². The summed E-state index contributed by atoms with van der Waals surface area (Å²) in [7, 11) is 0. The second-order valence-corrected chi connectivity index (χ2v) is 2.34. The first kappa shape index (κ1) is 8.75. The van der Waals surface area contributed by atoms with Gasteiger partial charge in [-0.05, 0) is 19.3 Å². The smallest absolute Gasteiger partial charge is 0.293 e. The van der Waals surface area contributed by atoms with E-state index in [-0.39, 0.29) is 6.04 Å². The molecule has 4 heteroatoms. The summed E-state index contributed by atoms with van der Waals surface area (Å²) in [5, 5.41) is 7.47. The van der Waals surface area contributed by atoms with E-state index in [4.69, 9.17) is 10.2 Å². The molecule has 12 heavy (non-hydrogen) atoms. The summed E-state index contributed by atoms with van der Waals surface area (Å²) in [5.74, 6) is 6.11. The summed E-state index contributed by atoms with van der Waals surface area (Å²) in [4.78, 5) is 0. The Morgan fingerprint density at radius 1 is 1.58 bits per heavy atom. The van der Waals surface area contributed by atoms with Crippen molar-refractivity contribution >= 4 is 0 Å². The van der Waals surface area contributed by atoms with Crippen molar-refractivity contribution in [2.24, 2.45) is 5.73 Å². The summed E-state index contributed by atoms with van der Waals surface area (Å²) in [6, 6.07) is -0.176. The molecule has 0 saturated carbocycles. The maximum absolute atomic E-state index is 5.66. The van der Waals surface area contributed by atoms with Crippen LogP contribution in [-0.4, -0.2) is 10.2 Å². The zero-order chi connectivity index (χ0) is 8.97. The highest BCUT2D eigenvalue weighted by atomic mass is 16.4. The quantitative estimate of drug-likeness (QED) is 0.660. The van der Waals surface area contributed by atoms with Crippen LogP contribution in [0.15, 0.2) is 4.42 Å². The lowest BCUT2D eigenvalue weighted by Gasteiger charge is -1.99. The largest absolute Gasteiger partial charge is 0.413 e. The molecule has 0 aromatic carbocycles. The second kappa shape index (κ2) is 3.88. The predicted molar refractivity (Wildman–Crippen MR) is 44.1 cm³/mol. The van der Waals surface area contributed by atoms with Crippen LogP contribution in [0.2, 0.25) is 0 Å². The first-order valence-corrected chi connectivity index (χ1v) is 3.79. The topological polar surface area (TPSA) is 64.9 Å². The Balaban J connectivity index is 2.81. The van der Waals surface area contributed by atoms with Gasteiger partial charge in [0.05, 0.1) is 6.04 Å². The van der Waals surface area contributed by atoms with Gasteiger partial charge in [0.1, 0.15) is 0 Å². The third-order valence-electron chi connectivity index (χ3n) is 1.43. The SMILES string of the molecule is CC#Cc1nnc(C(N)CC)o1. The summed E-state index contributed by atoms with van der Waals surface area (Å²) in [6.45, 7) is 3.67. The van der Waals surface area contributed by atoms with Crippen molar-refractivity contribution in [3.63, 3.8) is 0 Å². The highest BCUT2D eigenvalue weighted by Crippen LogP contribution is 2.10. The van der Waals surface area contributed by atoms with Crippen LogP contribution in [0.1, 0.15) is 38.1 Å². The molecule has 0 saturated heterocycles. The number of aromatic nitrogens is 2. The molecular weight excluding hydrogens is 154 g/mol. The van der Waals surface area contributed by atoms with E-state index in [2.05, 4.69) is 22.0 Å². The summed E-state index contributed by atoms with van der Waals surface area (Å²) < 4.78 is 5.16. The van der Waals surface area contributed by atoms with Crippen molar-refractivity contribution in [1.82, 2.24) is 10.2 Å². The van der Waals surface area contributed by atoms with E-state index in [9.17, 15) is 0 Å². The molecule has 0 fully saturated rings. The minimum absolute atomic E-state index is 0.176. The van der Waals surface area contributed by atoms with Gasteiger partial charge in [-0.3, -0.25) is 0 Å². The van der Waals surface area contributed by atoms with Gasteiger partial charge in [-0.15, -0.1) is 5.10 Å². The van der Waals surface area contributed by atoms with Crippen LogP contribution < -0.4 is 5.73 Å². The standard InChI is InChI=1S/C8H11N3O/c1-3-5-7-10-11-8(12-7)6(9)4-2/h6H,4,9H2,1-2H3. The van der Waals surface area contributed by atoms with Gasteiger partial charge in [0, 0.05) is 0 Å². The average Bonchev–Trinajstić information content (AvgIpc) is 2.52. The highest BCUT2D eigenvalue weighted by Gasteiger charge is 2.10. The van der Waals surface area contributed by atoms with Crippen molar-refractivity contribution in [3.05, 3.63) is 11.8 Å².